The Morgan fingerprint density at radius 1 is 1.38 bits per heavy atom. The summed E-state index contributed by atoms with van der Waals surface area (Å²) in [5.74, 6) is -0.117. The lowest BCUT2D eigenvalue weighted by atomic mass is 9.49. The van der Waals surface area contributed by atoms with Gasteiger partial charge in [-0.2, -0.15) is 0 Å². The van der Waals surface area contributed by atoms with Crippen molar-refractivity contribution >= 4 is 27.9 Å². The number of aliphatic hydroxyl groups excluding tert-OH is 1. The van der Waals surface area contributed by atoms with Gasteiger partial charge in [0.05, 0.1) is 10.9 Å². The van der Waals surface area contributed by atoms with Crippen molar-refractivity contribution in [2.45, 2.75) is 69.6 Å². The molecule has 2 heterocycles. The zero-order valence-electron chi connectivity index (χ0n) is 17.2. The molecule has 1 saturated carbocycles. The van der Waals surface area contributed by atoms with E-state index in [4.69, 9.17) is 14.2 Å². The third-order valence-corrected chi connectivity index (χ3v) is 9.02. The van der Waals surface area contributed by atoms with E-state index in [0.29, 0.717) is 6.42 Å². The molecule has 2 unspecified atom stereocenters. The Kier molecular flexibility index (Phi) is 4.12. The molecule has 1 spiro atoms. The number of epoxide rings is 1. The molecule has 0 aromatic heterocycles. The fourth-order valence-corrected chi connectivity index (χ4v) is 7.82. The third kappa shape index (κ3) is 2.32. The summed E-state index contributed by atoms with van der Waals surface area (Å²) in [6.45, 7) is 8.13. The summed E-state index contributed by atoms with van der Waals surface area (Å²) in [5, 5.41) is 11.4. The number of carbonyl (C=O) groups excluding carboxylic acids is 2. The smallest absolute Gasteiger partial charge is 0.334 e. The maximum atomic E-state index is 12.2. The lowest BCUT2D eigenvalue weighted by Gasteiger charge is -2.54. The molecule has 3 aliphatic carbocycles. The van der Waals surface area contributed by atoms with Gasteiger partial charge in [-0.1, -0.05) is 36.7 Å². The van der Waals surface area contributed by atoms with Gasteiger partial charge in [0.2, 0.25) is 0 Å². The normalized spacial score (nSPS) is 45.3. The topological polar surface area (TPSA) is 85.4 Å². The van der Waals surface area contributed by atoms with E-state index in [9.17, 15) is 14.7 Å². The van der Waals surface area contributed by atoms with Gasteiger partial charge in [-0.3, -0.25) is 4.79 Å². The highest BCUT2D eigenvalue weighted by Gasteiger charge is 2.79. The predicted octanol–water partition coefficient (Wildman–Crippen LogP) is 3.59. The molecule has 7 heteroatoms. The van der Waals surface area contributed by atoms with Crippen LogP contribution in [0.4, 0.5) is 0 Å². The highest BCUT2D eigenvalue weighted by molar-refractivity contribution is 9.09. The molecule has 5 rings (SSSR count). The van der Waals surface area contributed by atoms with E-state index >= 15 is 0 Å². The summed E-state index contributed by atoms with van der Waals surface area (Å²) in [6, 6.07) is 0. The number of hydrogen-bond acceptors (Lipinski definition) is 6. The highest BCUT2D eigenvalue weighted by Crippen LogP contribution is 2.72. The highest BCUT2D eigenvalue weighted by atomic mass is 79.9. The van der Waals surface area contributed by atoms with Crippen LogP contribution in [-0.4, -0.2) is 46.3 Å². The van der Waals surface area contributed by atoms with E-state index in [1.165, 1.54) is 6.92 Å². The number of rotatable bonds is 2. The van der Waals surface area contributed by atoms with Crippen LogP contribution in [0.5, 0.6) is 0 Å². The van der Waals surface area contributed by atoms with E-state index in [1.54, 1.807) is 0 Å². The molecule has 158 valence electrons. The Morgan fingerprint density at radius 2 is 2.10 bits per heavy atom. The van der Waals surface area contributed by atoms with Gasteiger partial charge >= 0.3 is 11.9 Å². The number of cyclic esters (lactones) is 1. The van der Waals surface area contributed by atoms with E-state index in [-0.39, 0.29) is 58.4 Å². The van der Waals surface area contributed by atoms with Crippen molar-refractivity contribution in [3.8, 4) is 0 Å². The lowest BCUT2D eigenvalue weighted by Crippen LogP contribution is -2.60. The zero-order valence-corrected chi connectivity index (χ0v) is 18.7. The van der Waals surface area contributed by atoms with Crippen molar-refractivity contribution in [3.05, 3.63) is 22.5 Å². The summed E-state index contributed by atoms with van der Waals surface area (Å²) < 4.78 is 17.6. The van der Waals surface area contributed by atoms with Crippen LogP contribution in [0.1, 0.15) is 47.0 Å². The van der Waals surface area contributed by atoms with Crippen LogP contribution in [0.15, 0.2) is 22.5 Å². The molecule has 0 aromatic carbocycles. The van der Waals surface area contributed by atoms with E-state index < -0.39 is 11.7 Å². The molecule has 6 nitrogen and oxygen atoms in total. The Labute approximate surface area is 178 Å². The summed E-state index contributed by atoms with van der Waals surface area (Å²) in [4.78, 5) is 23.8. The average molecular weight is 467 g/mol. The van der Waals surface area contributed by atoms with Gasteiger partial charge in [0.25, 0.3) is 0 Å². The molecule has 2 fully saturated rings. The first kappa shape index (κ1) is 19.6. The van der Waals surface area contributed by atoms with Crippen molar-refractivity contribution in [1.29, 1.82) is 0 Å². The Bertz CT molecular complexity index is 875. The first-order chi connectivity index (χ1) is 13.6. The average Bonchev–Trinajstić information content (AvgIpc) is 3.28. The minimum Gasteiger partial charge on any atom is -0.511 e. The Hall–Kier alpha value is -1.34. The number of esters is 2. The van der Waals surface area contributed by atoms with Gasteiger partial charge in [-0.25, -0.2) is 4.79 Å². The monoisotopic (exact) mass is 466 g/mol. The number of allylic oxidation sites excluding steroid dienone is 1. The van der Waals surface area contributed by atoms with Crippen molar-refractivity contribution in [3.63, 3.8) is 0 Å². The summed E-state index contributed by atoms with van der Waals surface area (Å²) >= 11 is 3.74. The Morgan fingerprint density at radius 3 is 2.76 bits per heavy atom. The molecule has 1 saturated heterocycles. The molecular weight excluding hydrogens is 440 g/mol. The van der Waals surface area contributed by atoms with Crippen LogP contribution in [0.25, 0.3) is 0 Å². The molecule has 0 radical (unpaired) electrons. The second-order valence-corrected chi connectivity index (χ2v) is 10.7. The van der Waals surface area contributed by atoms with Crippen molar-refractivity contribution in [2.24, 2.45) is 23.2 Å². The van der Waals surface area contributed by atoms with Gasteiger partial charge < -0.3 is 19.3 Å². The maximum Gasteiger partial charge on any atom is 0.334 e. The molecule has 0 aromatic rings. The number of alkyl halides is 1. The first-order valence-corrected chi connectivity index (χ1v) is 11.4. The number of halogens is 1. The van der Waals surface area contributed by atoms with Crippen LogP contribution in [0, 0.1) is 23.2 Å². The van der Waals surface area contributed by atoms with Crippen LogP contribution in [0.2, 0.25) is 0 Å². The minimum atomic E-state index is -0.651. The van der Waals surface area contributed by atoms with Crippen LogP contribution < -0.4 is 0 Å². The summed E-state index contributed by atoms with van der Waals surface area (Å²) in [6.07, 6.45) is 1.70. The number of ether oxygens (including phenoxy) is 3. The fourth-order valence-electron chi connectivity index (χ4n) is 6.67. The molecular formula is C22H27BrO6. The number of hydrogen-bond donors (Lipinski definition) is 1. The van der Waals surface area contributed by atoms with Crippen LogP contribution >= 0.6 is 15.9 Å². The van der Waals surface area contributed by atoms with Gasteiger partial charge in [0.1, 0.15) is 24.1 Å². The molecule has 1 N–H and O–H groups in total. The van der Waals surface area contributed by atoms with Crippen molar-refractivity contribution < 1.29 is 28.9 Å². The molecule has 5 aliphatic rings. The Balaban J connectivity index is 1.69. The number of aliphatic hydroxyl groups is 1. The summed E-state index contributed by atoms with van der Waals surface area (Å²) in [7, 11) is 0. The van der Waals surface area contributed by atoms with E-state index in [1.807, 2.05) is 0 Å². The van der Waals surface area contributed by atoms with Gasteiger partial charge in [0, 0.05) is 35.3 Å². The second-order valence-electron chi connectivity index (χ2n) is 9.69. The SMILES string of the molecule is CC(=O)O[C@H]1C2=C(O)[C@@H](Br)C3C4=C(CC[C@]3(C)[C@@]23O[C@H]3CC1C(C)C)C(=O)OC4. The van der Waals surface area contributed by atoms with E-state index in [0.717, 1.165) is 29.6 Å². The first-order valence-electron chi connectivity index (χ1n) is 10.4. The number of carbonyl (C=O) groups is 2. The lowest BCUT2D eigenvalue weighted by molar-refractivity contribution is -0.150. The molecule has 7 atom stereocenters. The second kappa shape index (κ2) is 6.10. The maximum absolute atomic E-state index is 12.2. The molecule has 0 bridgehead atoms. The van der Waals surface area contributed by atoms with Crippen LogP contribution in [-0.2, 0) is 23.8 Å². The molecule has 0 amide bonds. The fraction of sp³-hybridized carbons (Fsp3) is 0.727. The van der Waals surface area contributed by atoms with Crippen molar-refractivity contribution in [1.82, 2.24) is 0 Å². The van der Waals surface area contributed by atoms with Crippen molar-refractivity contribution in [2.75, 3.05) is 6.61 Å². The predicted molar refractivity (Wildman–Crippen MR) is 107 cm³/mol. The largest absolute Gasteiger partial charge is 0.511 e. The summed E-state index contributed by atoms with van der Waals surface area (Å²) in [5.41, 5.74) is 1.50. The van der Waals surface area contributed by atoms with E-state index in [2.05, 4.69) is 36.7 Å². The van der Waals surface area contributed by atoms with Gasteiger partial charge in [0.15, 0.2) is 0 Å². The quantitative estimate of drug-likeness (QED) is 0.380. The van der Waals surface area contributed by atoms with Gasteiger partial charge in [-0.15, -0.1) is 0 Å². The third-order valence-electron chi connectivity index (χ3n) is 8.06. The van der Waals surface area contributed by atoms with Crippen LogP contribution in [0.3, 0.4) is 0 Å². The molecule has 2 aliphatic heterocycles. The van der Waals surface area contributed by atoms with Gasteiger partial charge in [-0.05, 0) is 30.8 Å². The standard InChI is InChI=1S/C22H27BrO6/c1-9(2)12-7-14-22(29-14)16(19(12)28-10(3)24)18(25)17(23)15-13-8-27-20(26)11(13)5-6-21(15,22)4/h9,12,14-15,17,19,25H,5-8H2,1-4H3/t12?,14-,15?,17-,19+,21-,22-/m0/s1. The number of fused-ring (bicyclic) bond motifs is 2. The zero-order chi connectivity index (χ0) is 20.9. The minimum absolute atomic E-state index is 0.00784. The molecule has 29 heavy (non-hydrogen) atoms.